The Bertz CT molecular complexity index is 621. The lowest BCUT2D eigenvalue weighted by atomic mass is 10.2. The SMILES string of the molecule is Nc1c(Br)cc(C(=O)OCc2ccc(Cl)cc2)cc1Br. The molecule has 2 rings (SSSR count). The molecule has 0 unspecified atom stereocenters. The quantitative estimate of drug-likeness (QED) is 0.574. The number of esters is 1. The fourth-order valence-corrected chi connectivity index (χ4v) is 2.83. The third-order valence-electron chi connectivity index (χ3n) is 2.60. The number of anilines is 1. The number of carbonyl (C=O) groups is 1. The molecular weight excluding hydrogens is 409 g/mol. The molecule has 2 aromatic carbocycles. The fourth-order valence-electron chi connectivity index (χ4n) is 1.51. The summed E-state index contributed by atoms with van der Waals surface area (Å²) < 4.78 is 6.53. The van der Waals surface area contributed by atoms with Crippen LogP contribution in [0.15, 0.2) is 45.3 Å². The van der Waals surface area contributed by atoms with Gasteiger partial charge in [-0.15, -0.1) is 0 Å². The maximum Gasteiger partial charge on any atom is 0.338 e. The number of halogens is 3. The zero-order valence-electron chi connectivity index (χ0n) is 10.2. The molecule has 0 aliphatic carbocycles. The minimum atomic E-state index is -0.415. The molecule has 2 N–H and O–H groups in total. The van der Waals surface area contributed by atoms with Crippen molar-refractivity contribution in [3.8, 4) is 0 Å². The highest BCUT2D eigenvalue weighted by Gasteiger charge is 2.12. The van der Waals surface area contributed by atoms with Crippen LogP contribution in [-0.4, -0.2) is 5.97 Å². The minimum absolute atomic E-state index is 0.190. The zero-order valence-corrected chi connectivity index (χ0v) is 14.1. The van der Waals surface area contributed by atoms with Crippen LogP contribution < -0.4 is 5.73 Å². The van der Waals surface area contributed by atoms with E-state index in [1.807, 2.05) is 12.1 Å². The van der Waals surface area contributed by atoms with Crippen LogP contribution in [0.3, 0.4) is 0 Å². The van der Waals surface area contributed by atoms with Gasteiger partial charge in [0.15, 0.2) is 0 Å². The van der Waals surface area contributed by atoms with Crippen molar-refractivity contribution in [2.24, 2.45) is 0 Å². The van der Waals surface area contributed by atoms with Gasteiger partial charge >= 0.3 is 5.97 Å². The van der Waals surface area contributed by atoms with Crippen molar-refractivity contribution in [1.82, 2.24) is 0 Å². The second-order valence-corrected chi connectivity index (χ2v) is 6.20. The number of hydrogen-bond donors (Lipinski definition) is 1. The molecule has 0 saturated heterocycles. The average molecular weight is 420 g/mol. The lowest BCUT2D eigenvalue weighted by molar-refractivity contribution is 0.0472. The highest BCUT2D eigenvalue weighted by molar-refractivity contribution is 9.11. The van der Waals surface area contributed by atoms with Gasteiger partial charge in [0, 0.05) is 14.0 Å². The summed E-state index contributed by atoms with van der Waals surface area (Å²) in [6.07, 6.45) is 0. The van der Waals surface area contributed by atoms with E-state index < -0.39 is 5.97 Å². The number of rotatable bonds is 3. The van der Waals surface area contributed by atoms with Gasteiger partial charge in [-0.2, -0.15) is 0 Å². The van der Waals surface area contributed by atoms with Crippen LogP contribution in [0.5, 0.6) is 0 Å². The highest BCUT2D eigenvalue weighted by atomic mass is 79.9. The van der Waals surface area contributed by atoms with Gasteiger partial charge < -0.3 is 10.5 Å². The molecular formula is C14H10Br2ClNO2. The number of nitrogen functional groups attached to an aromatic ring is 1. The average Bonchev–Trinajstić information content (AvgIpc) is 2.43. The second-order valence-electron chi connectivity index (χ2n) is 4.06. The monoisotopic (exact) mass is 417 g/mol. The van der Waals surface area contributed by atoms with E-state index in [0.29, 0.717) is 25.2 Å². The number of nitrogens with two attached hydrogens (primary N) is 1. The Morgan fingerprint density at radius 2 is 1.70 bits per heavy atom. The first kappa shape index (κ1) is 15.4. The Kier molecular flexibility index (Phi) is 5.07. The molecule has 0 fully saturated rings. The fraction of sp³-hybridized carbons (Fsp3) is 0.0714. The predicted octanol–water partition coefficient (Wildman–Crippen LogP) is 4.80. The molecule has 0 atom stereocenters. The van der Waals surface area contributed by atoms with Gasteiger partial charge in [0.05, 0.1) is 11.3 Å². The summed E-state index contributed by atoms with van der Waals surface area (Å²) in [5.74, 6) is -0.415. The van der Waals surface area contributed by atoms with Gasteiger partial charge in [-0.1, -0.05) is 23.7 Å². The normalized spacial score (nSPS) is 10.3. The Labute approximate surface area is 138 Å². The van der Waals surface area contributed by atoms with Crippen molar-refractivity contribution in [3.05, 3.63) is 61.5 Å². The molecule has 0 amide bonds. The summed E-state index contributed by atoms with van der Waals surface area (Å²) >= 11 is 12.4. The van der Waals surface area contributed by atoms with Gasteiger partial charge in [0.2, 0.25) is 0 Å². The first-order valence-electron chi connectivity index (χ1n) is 5.63. The summed E-state index contributed by atoms with van der Waals surface area (Å²) in [6.45, 7) is 0.190. The second kappa shape index (κ2) is 6.61. The zero-order chi connectivity index (χ0) is 14.7. The maximum absolute atomic E-state index is 12.0. The summed E-state index contributed by atoms with van der Waals surface area (Å²) in [7, 11) is 0. The number of hydrogen-bond acceptors (Lipinski definition) is 3. The molecule has 0 saturated carbocycles. The molecule has 2 aromatic rings. The van der Waals surface area contributed by atoms with Crippen molar-refractivity contribution >= 4 is 55.1 Å². The van der Waals surface area contributed by atoms with Crippen LogP contribution in [0.25, 0.3) is 0 Å². The van der Waals surface area contributed by atoms with Crippen LogP contribution in [0.2, 0.25) is 5.02 Å². The van der Waals surface area contributed by atoms with E-state index in [1.54, 1.807) is 24.3 Å². The Balaban J connectivity index is 2.07. The summed E-state index contributed by atoms with van der Waals surface area (Å²) in [5, 5.41) is 0.645. The van der Waals surface area contributed by atoms with E-state index in [1.165, 1.54) is 0 Å². The number of benzene rings is 2. The Hall–Kier alpha value is -1.04. The van der Waals surface area contributed by atoms with Crippen molar-refractivity contribution < 1.29 is 9.53 Å². The number of carbonyl (C=O) groups excluding carboxylic acids is 1. The van der Waals surface area contributed by atoms with E-state index in [0.717, 1.165) is 5.56 Å². The van der Waals surface area contributed by atoms with E-state index in [-0.39, 0.29) is 6.61 Å². The largest absolute Gasteiger partial charge is 0.457 e. The maximum atomic E-state index is 12.0. The molecule has 0 spiro atoms. The third-order valence-corrected chi connectivity index (χ3v) is 4.16. The van der Waals surface area contributed by atoms with Gasteiger partial charge in [0.1, 0.15) is 6.61 Å². The lowest BCUT2D eigenvalue weighted by Gasteiger charge is -2.08. The smallest absolute Gasteiger partial charge is 0.338 e. The van der Waals surface area contributed by atoms with Crippen LogP contribution in [-0.2, 0) is 11.3 Å². The lowest BCUT2D eigenvalue weighted by Crippen LogP contribution is -2.06. The topological polar surface area (TPSA) is 52.3 Å². The molecule has 104 valence electrons. The van der Waals surface area contributed by atoms with E-state index in [9.17, 15) is 4.79 Å². The molecule has 6 heteroatoms. The highest BCUT2D eigenvalue weighted by Crippen LogP contribution is 2.29. The summed E-state index contributed by atoms with van der Waals surface area (Å²) in [4.78, 5) is 12.0. The Morgan fingerprint density at radius 3 is 2.25 bits per heavy atom. The van der Waals surface area contributed by atoms with Gasteiger partial charge in [-0.3, -0.25) is 0 Å². The first-order chi connectivity index (χ1) is 9.47. The van der Waals surface area contributed by atoms with Crippen LogP contribution in [0.1, 0.15) is 15.9 Å². The van der Waals surface area contributed by atoms with Crippen molar-refractivity contribution in [1.29, 1.82) is 0 Å². The summed E-state index contributed by atoms with van der Waals surface area (Å²) in [6, 6.07) is 10.4. The molecule has 20 heavy (non-hydrogen) atoms. The van der Waals surface area contributed by atoms with E-state index >= 15 is 0 Å². The Morgan fingerprint density at radius 1 is 1.15 bits per heavy atom. The molecule has 0 aliphatic heterocycles. The van der Waals surface area contributed by atoms with Crippen molar-refractivity contribution in [2.75, 3.05) is 5.73 Å². The minimum Gasteiger partial charge on any atom is -0.457 e. The van der Waals surface area contributed by atoms with Gasteiger partial charge in [0.25, 0.3) is 0 Å². The molecule has 0 heterocycles. The van der Waals surface area contributed by atoms with E-state index in [4.69, 9.17) is 22.1 Å². The molecule has 0 aliphatic rings. The van der Waals surface area contributed by atoms with Crippen molar-refractivity contribution in [3.63, 3.8) is 0 Å². The van der Waals surface area contributed by atoms with Crippen LogP contribution in [0, 0.1) is 0 Å². The predicted molar refractivity (Wildman–Crippen MR) is 86.8 cm³/mol. The van der Waals surface area contributed by atoms with Crippen LogP contribution in [0.4, 0.5) is 5.69 Å². The van der Waals surface area contributed by atoms with Crippen LogP contribution >= 0.6 is 43.5 Å². The van der Waals surface area contributed by atoms with Gasteiger partial charge in [-0.25, -0.2) is 4.79 Å². The first-order valence-corrected chi connectivity index (χ1v) is 7.60. The summed E-state index contributed by atoms with van der Waals surface area (Å²) in [5.41, 5.74) is 7.61. The van der Waals surface area contributed by atoms with E-state index in [2.05, 4.69) is 31.9 Å². The number of ether oxygens (including phenoxy) is 1. The molecule has 0 bridgehead atoms. The molecule has 0 radical (unpaired) electrons. The van der Waals surface area contributed by atoms with Gasteiger partial charge in [-0.05, 0) is 61.7 Å². The standard InChI is InChI=1S/C14H10Br2ClNO2/c15-11-5-9(6-12(16)13(11)18)14(19)20-7-8-1-3-10(17)4-2-8/h1-6H,7,18H2. The molecule has 3 nitrogen and oxygen atoms in total. The molecule has 0 aromatic heterocycles. The third kappa shape index (κ3) is 3.75. The van der Waals surface area contributed by atoms with Crippen molar-refractivity contribution in [2.45, 2.75) is 6.61 Å².